The number of allylic oxidation sites excluding steroid dienone is 3. The van der Waals surface area contributed by atoms with Gasteiger partial charge < -0.3 is 4.74 Å². The Hall–Kier alpha value is -1.38. The van der Waals surface area contributed by atoms with Crippen molar-refractivity contribution in [1.29, 1.82) is 0 Å². The van der Waals surface area contributed by atoms with Crippen LogP contribution >= 0.6 is 0 Å². The zero-order valence-electron chi connectivity index (χ0n) is 16.4. The third-order valence-electron chi connectivity index (χ3n) is 8.51. The monoisotopic (exact) mass is 356 g/mol. The van der Waals surface area contributed by atoms with Crippen molar-refractivity contribution in [3.63, 3.8) is 0 Å². The minimum atomic E-state index is -0.151. The summed E-state index contributed by atoms with van der Waals surface area (Å²) in [6, 6.07) is 0. The van der Waals surface area contributed by atoms with Crippen LogP contribution in [0.25, 0.3) is 0 Å². The van der Waals surface area contributed by atoms with Gasteiger partial charge in [-0.25, -0.2) is 0 Å². The lowest BCUT2D eigenvalue weighted by Gasteiger charge is -2.57. The number of esters is 1. The summed E-state index contributed by atoms with van der Waals surface area (Å²) in [6.07, 6.45) is 14.5. The molecule has 6 unspecified atom stereocenters. The summed E-state index contributed by atoms with van der Waals surface area (Å²) in [4.78, 5) is 22.4. The highest BCUT2D eigenvalue weighted by Gasteiger charge is 2.57. The number of hydrogen-bond acceptors (Lipinski definition) is 3. The minimum absolute atomic E-state index is 0.0749. The molecule has 3 saturated carbocycles. The van der Waals surface area contributed by atoms with E-state index in [4.69, 9.17) is 4.74 Å². The smallest absolute Gasteiger partial charge is 0.302 e. The van der Waals surface area contributed by atoms with Gasteiger partial charge in [0.1, 0.15) is 12.4 Å². The van der Waals surface area contributed by atoms with Gasteiger partial charge in [0, 0.05) is 13.3 Å². The Kier molecular flexibility index (Phi) is 4.40. The van der Waals surface area contributed by atoms with Gasteiger partial charge >= 0.3 is 5.97 Å². The molecular formula is C23H32O3. The summed E-state index contributed by atoms with van der Waals surface area (Å²) in [5.74, 6) is 2.05. The third kappa shape index (κ3) is 2.61. The Morgan fingerprint density at radius 3 is 2.62 bits per heavy atom. The normalized spacial score (nSPS) is 46.0. The molecule has 0 heterocycles. The van der Waals surface area contributed by atoms with Crippen molar-refractivity contribution in [1.82, 2.24) is 0 Å². The summed E-state index contributed by atoms with van der Waals surface area (Å²) in [6.45, 7) is 6.40. The number of carbonyl (C=O) groups excluding carboxylic acids is 2. The molecule has 0 aromatic carbocycles. The van der Waals surface area contributed by atoms with Crippen LogP contribution in [0.15, 0.2) is 23.3 Å². The Bertz CT molecular complexity index is 675. The van der Waals surface area contributed by atoms with Crippen molar-refractivity contribution in [2.75, 3.05) is 0 Å². The Balaban J connectivity index is 1.60. The van der Waals surface area contributed by atoms with E-state index in [-0.39, 0.29) is 22.9 Å². The average Bonchev–Trinajstić information content (AvgIpc) is 2.92. The van der Waals surface area contributed by atoms with Crippen LogP contribution in [0.1, 0.15) is 72.1 Å². The molecule has 6 atom stereocenters. The second-order valence-corrected chi connectivity index (χ2v) is 9.56. The minimum Gasteiger partial charge on any atom is -0.462 e. The fraction of sp³-hybridized carbons (Fsp3) is 0.739. The first kappa shape index (κ1) is 18.0. The molecule has 3 fully saturated rings. The van der Waals surface area contributed by atoms with Crippen molar-refractivity contribution < 1.29 is 14.3 Å². The molecule has 4 aliphatic rings. The molecule has 0 amide bonds. The molecule has 3 nitrogen and oxygen atoms in total. The number of carbonyl (C=O) groups is 2. The van der Waals surface area contributed by atoms with Gasteiger partial charge in [-0.1, -0.05) is 31.1 Å². The fourth-order valence-corrected chi connectivity index (χ4v) is 7.17. The van der Waals surface area contributed by atoms with Gasteiger partial charge in [-0.15, -0.1) is 0 Å². The van der Waals surface area contributed by atoms with Crippen LogP contribution in [-0.4, -0.2) is 18.4 Å². The number of hydrogen-bond donors (Lipinski definition) is 0. The zero-order valence-corrected chi connectivity index (χ0v) is 16.4. The summed E-state index contributed by atoms with van der Waals surface area (Å²) in [7, 11) is 0. The van der Waals surface area contributed by atoms with Crippen LogP contribution in [0.3, 0.4) is 0 Å². The van der Waals surface area contributed by atoms with Crippen molar-refractivity contribution in [2.45, 2.75) is 78.2 Å². The molecule has 3 heteroatoms. The van der Waals surface area contributed by atoms with Crippen LogP contribution < -0.4 is 0 Å². The number of rotatable bonds is 2. The van der Waals surface area contributed by atoms with E-state index in [1.165, 1.54) is 31.8 Å². The van der Waals surface area contributed by atoms with Crippen molar-refractivity contribution in [3.8, 4) is 0 Å². The Morgan fingerprint density at radius 1 is 1.15 bits per heavy atom. The van der Waals surface area contributed by atoms with E-state index < -0.39 is 0 Å². The number of fused-ring (bicyclic) bond motifs is 5. The molecule has 0 bridgehead atoms. The molecule has 0 saturated heterocycles. The molecule has 4 rings (SSSR count). The summed E-state index contributed by atoms with van der Waals surface area (Å²) in [5, 5.41) is 0. The maximum Gasteiger partial charge on any atom is 0.302 e. The van der Waals surface area contributed by atoms with E-state index in [2.05, 4.69) is 19.9 Å². The maximum absolute atomic E-state index is 11.4. The highest BCUT2D eigenvalue weighted by Crippen LogP contribution is 2.66. The highest BCUT2D eigenvalue weighted by atomic mass is 16.5. The van der Waals surface area contributed by atoms with Gasteiger partial charge in [0.25, 0.3) is 0 Å². The topological polar surface area (TPSA) is 43.4 Å². The van der Waals surface area contributed by atoms with Gasteiger partial charge in [-0.05, 0) is 79.6 Å². The van der Waals surface area contributed by atoms with Crippen LogP contribution in [0, 0.1) is 28.6 Å². The lowest BCUT2D eigenvalue weighted by Crippen LogP contribution is -2.49. The van der Waals surface area contributed by atoms with E-state index in [9.17, 15) is 9.59 Å². The van der Waals surface area contributed by atoms with Crippen molar-refractivity contribution >= 4 is 12.3 Å². The zero-order chi connectivity index (χ0) is 18.5. The quantitative estimate of drug-likeness (QED) is 0.302. The second-order valence-electron chi connectivity index (χ2n) is 9.56. The lowest BCUT2D eigenvalue weighted by molar-refractivity contribution is -0.148. The number of ether oxygens (including phenoxy) is 1. The average molecular weight is 357 g/mol. The molecule has 0 spiro atoms. The predicted octanol–water partition coefficient (Wildman–Crippen LogP) is 5.01. The molecule has 0 N–H and O–H groups in total. The predicted molar refractivity (Wildman–Crippen MR) is 101 cm³/mol. The SMILES string of the molecule is CC(=O)OC1CCC2(C)C(=CCC3C4CCC(=CC=O)C4(C)CCC32)C1. The third-order valence-corrected chi connectivity index (χ3v) is 8.51. The van der Waals surface area contributed by atoms with Crippen molar-refractivity contribution in [3.05, 3.63) is 23.3 Å². The maximum atomic E-state index is 11.4. The summed E-state index contributed by atoms with van der Waals surface area (Å²) < 4.78 is 5.53. The Labute approximate surface area is 157 Å². The van der Waals surface area contributed by atoms with Gasteiger partial charge in [0.05, 0.1) is 0 Å². The molecule has 142 valence electrons. The van der Waals surface area contributed by atoms with Gasteiger partial charge in [0.2, 0.25) is 0 Å². The van der Waals surface area contributed by atoms with E-state index in [0.29, 0.717) is 5.92 Å². The van der Waals surface area contributed by atoms with Crippen LogP contribution in [-0.2, 0) is 14.3 Å². The first-order valence-electron chi connectivity index (χ1n) is 10.4. The lowest BCUT2D eigenvalue weighted by atomic mass is 9.48. The van der Waals surface area contributed by atoms with Crippen molar-refractivity contribution in [2.24, 2.45) is 28.6 Å². The van der Waals surface area contributed by atoms with Crippen LogP contribution in [0.5, 0.6) is 0 Å². The molecule has 0 radical (unpaired) electrons. The molecule has 0 aromatic heterocycles. The largest absolute Gasteiger partial charge is 0.462 e. The van der Waals surface area contributed by atoms with Gasteiger partial charge in [0.15, 0.2) is 0 Å². The molecule has 0 aliphatic heterocycles. The molecule has 0 aromatic rings. The van der Waals surface area contributed by atoms with E-state index in [1.807, 2.05) is 6.08 Å². The van der Waals surface area contributed by atoms with Gasteiger partial charge in [-0.2, -0.15) is 0 Å². The van der Waals surface area contributed by atoms with E-state index in [1.54, 1.807) is 5.57 Å². The first-order chi connectivity index (χ1) is 12.4. The molecule has 26 heavy (non-hydrogen) atoms. The molecule has 4 aliphatic carbocycles. The summed E-state index contributed by atoms with van der Waals surface area (Å²) in [5.41, 5.74) is 3.45. The van der Waals surface area contributed by atoms with E-state index >= 15 is 0 Å². The standard InChI is InChI=1S/C23H32O3/c1-15(25)26-18-8-11-23(3)17(14-18)4-6-19-20-7-5-16(10-13-24)22(20,2)12-9-21(19)23/h4,10,13,18-21H,5-9,11-12,14H2,1-3H3. The van der Waals surface area contributed by atoms with Crippen LogP contribution in [0.2, 0.25) is 0 Å². The Morgan fingerprint density at radius 2 is 1.88 bits per heavy atom. The highest BCUT2D eigenvalue weighted by molar-refractivity contribution is 5.67. The first-order valence-corrected chi connectivity index (χ1v) is 10.4. The second kappa shape index (κ2) is 6.35. The number of aldehydes is 1. The fourth-order valence-electron chi connectivity index (χ4n) is 7.17. The van der Waals surface area contributed by atoms with Crippen LogP contribution in [0.4, 0.5) is 0 Å². The summed E-state index contributed by atoms with van der Waals surface area (Å²) >= 11 is 0. The van der Waals surface area contributed by atoms with E-state index in [0.717, 1.165) is 50.2 Å². The molecular weight excluding hydrogens is 324 g/mol. The van der Waals surface area contributed by atoms with Gasteiger partial charge in [-0.3, -0.25) is 9.59 Å².